The van der Waals surface area contributed by atoms with Gasteiger partial charge in [0.25, 0.3) is 0 Å². The van der Waals surface area contributed by atoms with Crippen LogP contribution in [-0.4, -0.2) is 29.1 Å². The van der Waals surface area contributed by atoms with E-state index in [-0.39, 0.29) is 0 Å². The van der Waals surface area contributed by atoms with Crippen LogP contribution in [0.25, 0.3) is 0 Å². The van der Waals surface area contributed by atoms with E-state index in [2.05, 4.69) is 59.7 Å². The van der Waals surface area contributed by atoms with E-state index in [4.69, 9.17) is 12.2 Å². The smallest absolute Gasteiger partial charge is 0.170 e. The Morgan fingerprint density at radius 1 is 1.12 bits per heavy atom. The summed E-state index contributed by atoms with van der Waals surface area (Å²) < 4.78 is 0. The van der Waals surface area contributed by atoms with Gasteiger partial charge in [-0.2, -0.15) is 0 Å². The normalized spacial score (nSPS) is 15.4. The van der Waals surface area contributed by atoms with Crippen LogP contribution >= 0.6 is 12.2 Å². The number of fused-ring (bicyclic) bond motifs is 1. The molecule has 4 heteroatoms. The quantitative estimate of drug-likeness (QED) is 0.830. The third kappa shape index (κ3) is 4.13. The molecule has 126 valence electrons. The van der Waals surface area contributed by atoms with Gasteiger partial charge in [-0.25, -0.2) is 0 Å². The molecule has 2 N–H and O–H groups in total. The van der Waals surface area contributed by atoms with E-state index >= 15 is 0 Å². The van der Waals surface area contributed by atoms with Crippen LogP contribution in [0.1, 0.15) is 23.6 Å². The molecule has 1 aliphatic heterocycles. The lowest BCUT2D eigenvalue weighted by molar-refractivity contribution is 0.191. The number of nitrogens with one attached hydrogen (secondary N) is 2. The fourth-order valence-corrected chi connectivity index (χ4v) is 3.34. The van der Waals surface area contributed by atoms with Crippen LogP contribution in [0, 0.1) is 6.92 Å². The molecule has 2 aromatic carbocycles. The van der Waals surface area contributed by atoms with Crippen molar-refractivity contribution in [3.05, 3.63) is 65.2 Å². The van der Waals surface area contributed by atoms with E-state index in [1.165, 1.54) is 16.7 Å². The van der Waals surface area contributed by atoms with Gasteiger partial charge in [0.2, 0.25) is 0 Å². The molecule has 0 aliphatic carbocycles. The second-order valence-electron chi connectivity index (χ2n) is 6.49. The zero-order chi connectivity index (χ0) is 16.9. The molecule has 0 aromatic heterocycles. The Bertz CT molecular complexity index is 714. The summed E-state index contributed by atoms with van der Waals surface area (Å²) in [5.41, 5.74) is 5.21. The lowest BCUT2D eigenvalue weighted by Gasteiger charge is -2.34. The molecule has 0 bridgehead atoms. The first-order valence-electron chi connectivity index (χ1n) is 8.55. The summed E-state index contributed by atoms with van der Waals surface area (Å²) >= 11 is 5.44. The monoisotopic (exact) mass is 339 g/mol. The molecule has 2 aromatic rings. The van der Waals surface area contributed by atoms with Crippen LogP contribution in [0.15, 0.2) is 48.5 Å². The molecule has 0 amide bonds. The molecule has 3 rings (SSSR count). The predicted octanol–water partition coefficient (Wildman–Crippen LogP) is 3.73. The molecule has 0 unspecified atom stereocenters. The van der Waals surface area contributed by atoms with Crippen molar-refractivity contribution in [1.29, 1.82) is 0 Å². The fraction of sp³-hybridized carbons (Fsp3) is 0.350. The molecular formula is C20H25N3S. The topological polar surface area (TPSA) is 27.3 Å². The van der Waals surface area contributed by atoms with Crippen molar-refractivity contribution in [3.8, 4) is 0 Å². The molecule has 1 heterocycles. The van der Waals surface area contributed by atoms with Gasteiger partial charge in [0.05, 0.1) is 0 Å². The van der Waals surface area contributed by atoms with Crippen LogP contribution in [-0.2, 0) is 13.0 Å². The highest BCUT2D eigenvalue weighted by Crippen LogP contribution is 2.20. The number of anilines is 1. The summed E-state index contributed by atoms with van der Waals surface area (Å²) in [6.07, 6.45) is 1.13. The Morgan fingerprint density at radius 3 is 2.62 bits per heavy atom. The molecule has 0 spiro atoms. The van der Waals surface area contributed by atoms with Crippen LogP contribution in [0.2, 0.25) is 0 Å². The summed E-state index contributed by atoms with van der Waals surface area (Å²) in [5.74, 6) is 0. The average Bonchev–Trinajstić information content (AvgIpc) is 2.61. The highest BCUT2D eigenvalue weighted by Gasteiger charge is 2.20. The van der Waals surface area contributed by atoms with Crippen molar-refractivity contribution in [2.24, 2.45) is 0 Å². The van der Waals surface area contributed by atoms with E-state index in [0.717, 1.165) is 31.7 Å². The van der Waals surface area contributed by atoms with Gasteiger partial charge in [-0.15, -0.1) is 0 Å². The highest BCUT2D eigenvalue weighted by molar-refractivity contribution is 7.80. The number of aryl methyl sites for hydroxylation is 1. The Morgan fingerprint density at radius 2 is 1.83 bits per heavy atom. The van der Waals surface area contributed by atoms with Gasteiger partial charge < -0.3 is 10.6 Å². The molecule has 0 radical (unpaired) electrons. The van der Waals surface area contributed by atoms with Crippen molar-refractivity contribution in [2.45, 2.75) is 32.9 Å². The van der Waals surface area contributed by atoms with Crippen LogP contribution < -0.4 is 10.6 Å². The molecule has 0 fully saturated rings. The lowest BCUT2D eigenvalue weighted by atomic mass is 9.99. The first kappa shape index (κ1) is 16.9. The van der Waals surface area contributed by atoms with Gasteiger partial charge in [0.1, 0.15) is 0 Å². The SMILES string of the molecule is Cc1ccccc1NC(=S)NC[C@@H](C)N1CCc2ccccc2C1. The minimum Gasteiger partial charge on any atom is -0.361 e. The molecule has 3 nitrogen and oxygen atoms in total. The van der Waals surface area contributed by atoms with Crippen molar-refractivity contribution in [2.75, 3.05) is 18.4 Å². The van der Waals surface area contributed by atoms with Gasteiger partial charge in [0, 0.05) is 31.4 Å². The van der Waals surface area contributed by atoms with Crippen LogP contribution in [0.4, 0.5) is 5.69 Å². The summed E-state index contributed by atoms with van der Waals surface area (Å²) in [6, 6.07) is 17.4. The molecule has 1 aliphatic rings. The second-order valence-corrected chi connectivity index (χ2v) is 6.90. The molecule has 24 heavy (non-hydrogen) atoms. The zero-order valence-corrected chi connectivity index (χ0v) is 15.2. The molecule has 1 atom stereocenters. The van der Waals surface area contributed by atoms with E-state index in [0.29, 0.717) is 11.2 Å². The lowest BCUT2D eigenvalue weighted by Crippen LogP contribution is -2.45. The zero-order valence-electron chi connectivity index (χ0n) is 14.4. The minimum absolute atomic E-state index is 0.440. The van der Waals surface area contributed by atoms with Crippen LogP contribution in [0.5, 0.6) is 0 Å². The van der Waals surface area contributed by atoms with Crippen molar-refractivity contribution in [1.82, 2.24) is 10.2 Å². The van der Waals surface area contributed by atoms with Crippen LogP contribution in [0.3, 0.4) is 0 Å². The van der Waals surface area contributed by atoms with E-state index in [9.17, 15) is 0 Å². The van der Waals surface area contributed by atoms with Gasteiger partial charge in [-0.05, 0) is 55.2 Å². The van der Waals surface area contributed by atoms with E-state index < -0.39 is 0 Å². The van der Waals surface area contributed by atoms with Gasteiger partial charge in [-0.1, -0.05) is 42.5 Å². The second kappa shape index (κ2) is 7.77. The number of thiocarbonyl (C=S) groups is 1. The summed E-state index contributed by atoms with van der Waals surface area (Å²) in [6.45, 7) is 7.32. The maximum Gasteiger partial charge on any atom is 0.170 e. The Labute approximate surface area is 150 Å². The summed E-state index contributed by atoms with van der Waals surface area (Å²) in [4.78, 5) is 2.52. The molecule has 0 saturated carbocycles. The molecule has 0 saturated heterocycles. The summed E-state index contributed by atoms with van der Waals surface area (Å²) in [7, 11) is 0. The number of nitrogens with zero attached hydrogens (tertiary/aromatic N) is 1. The Balaban J connectivity index is 1.50. The van der Waals surface area contributed by atoms with Gasteiger partial charge in [0.15, 0.2) is 5.11 Å². The third-order valence-corrected chi connectivity index (χ3v) is 4.98. The number of rotatable bonds is 4. The first-order chi connectivity index (χ1) is 11.6. The maximum absolute atomic E-state index is 5.44. The summed E-state index contributed by atoms with van der Waals surface area (Å²) in [5, 5.41) is 7.33. The van der Waals surface area contributed by atoms with Crippen molar-refractivity contribution >= 4 is 23.0 Å². The van der Waals surface area contributed by atoms with Crippen molar-refractivity contribution < 1.29 is 0 Å². The largest absolute Gasteiger partial charge is 0.361 e. The maximum atomic E-state index is 5.44. The van der Waals surface area contributed by atoms with Crippen molar-refractivity contribution in [3.63, 3.8) is 0 Å². The van der Waals surface area contributed by atoms with E-state index in [1.54, 1.807) is 0 Å². The standard InChI is InChI=1S/C20H25N3S/c1-15-7-3-6-10-19(15)22-20(24)21-13-16(2)23-12-11-17-8-4-5-9-18(17)14-23/h3-10,16H,11-14H2,1-2H3,(H2,21,22,24)/t16-/m1/s1. The number of hydrogen-bond donors (Lipinski definition) is 2. The number of hydrogen-bond acceptors (Lipinski definition) is 2. The Kier molecular flexibility index (Phi) is 5.48. The highest BCUT2D eigenvalue weighted by atomic mass is 32.1. The molecular weight excluding hydrogens is 314 g/mol. The average molecular weight is 340 g/mol. The number of benzene rings is 2. The minimum atomic E-state index is 0.440. The Hall–Kier alpha value is -1.91. The first-order valence-corrected chi connectivity index (χ1v) is 8.95. The van der Waals surface area contributed by atoms with Gasteiger partial charge >= 0.3 is 0 Å². The van der Waals surface area contributed by atoms with Gasteiger partial charge in [-0.3, -0.25) is 4.90 Å². The number of para-hydroxylation sites is 1. The predicted molar refractivity (Wildman–Crippen MR) is 105 cm³/mol. The fourth-order valence-electron chi connectivity index (χ4n) is 3.14. The third-order valence-electron chi connectivity index (χ3n) is 4.73. The van der Waals surface area contributed by atoms with E-state index in [1.807, 2.05) is 18.2 Å².